The van der Waals surface area contributed by atoms with E-state index in [9.17, 15) is 4.79 Å². The number of carbonyl (C=O) groups excluding carboxylic acids is 1. The summed E-state index contributed by atoms with van der Waals surface area (Å²) in [5, 5.41) is 0. The van der Waals surface area contributed by atoms with Gasteiger partial charge in [0.25, 0.3) is 5.91 Å². The lowest BCUT2D eigenvalue weighted by atomic mass is 9.78. The zero-order valence-electron chi connectivity index (χ0n) is 14.8. The van der Waals surface area contributed by atoms with Crippen LogP contribution in [0.15, 0.2) is 72.8 Å². The van der Waals surface area contributed by atoms with Gasteiger partial charge in [-0.05, 0) is 47.4 Å². The summed E-state index contributed by atoms with van der Waals surface area (Å²) in [5.74, 6) is 0.910. The van der Waals surface area contributed by atoms with Crippen molar-refractivity contribution >= 4 is 5.91 Å². The molecule has 0 saturated carbocycles. The van der Waals surface area contributed by atoms with Crippen LogP contribution in [0.1, 0.15) is 45.6 Å². The summed E-state index contributed by atoms with van der Waals surface area (Å²) in [5.41, 5.74) is 4.72. The van der Waals surface area contributed by atoms with Crippen molar-refractivity contribution in [3.8, 4) is 5.75 Å². The molecule has 128 valence electrons. The highest BCUT2D eigenvalue weighted by molar-refractivity contribution is 6.03. The van der Waals surface area contributed by atoms with Crippen LogP contribution in [0.25, 0.3) is 0 Å². The van der Waals surface area contributed by atoms with Gasteiger partial charge < -0.3 is 9.64 Å². The molecule has 1 amide bonds. The van der Waals surface area contributed by atoms with Crippen LogP contribution < -0.4 is 4.74 Å². The van der Waals surface area contributed by atoms with Crippen LogP contribution in [0.3, 0.4) is 0 Å². The summed E-state index contributed by atoms with van der Waals surface area (Å²) >= 11 is 0. The predicted molar refractivity (Wildman–Crippen MR) is 100 cm³/mol. The van der Waals surface area contributed by atoms with Gasteiger partial charge >= 0.3 is 0 Å². The summed E-state index contributed by atoms with van der Waals surface area (Å²) in [7, 11) is 1.68. The second-order valence-corrected chi connectivity index (χ2v) is 6.93. The van der Waals surface area contributed by atoms with Gasteiger partial charge in [-0.1, -0.05) is 54.6 Å². The van der Waals surface area contributed by atoms with Crippen LogP contribution in [-0.2, 0) is 5.54 Å². The van der Waals surface area contributed by atoms with Gasteiger partial charge in [0.15, 0.2) is 0 Å². The standard InChI is InChI=1S/C23H19NO2/c1-15-19-14-17(26-2)12-13-21(19)23(16-8-4-3-5-9-16)20-11-7-6-10-18(20)22(25)24(15)23/h3-15H,1-2H3/t15-,23+/m0/s1. The van der Waals surface area contributed by atoms with E-state index in [1.807, 2.05) is 47.4 Å². The Kier molecular flexibility index (Phi) is 3.05. The monoisotopic (exact) mass is 341 g/mol. The molecule has 0 aromatic heterocycles. The number of methoxy groups -OCH3 is 1. The largest absolute Gasteiger partial charge is 0.497 e. The first-order valence-corrected chi connectivity index (χ1v) is 8.86. The summed E-state index contributed by atoms with van der Waals surface area (Å²) in [4.78, 5) is 15.4. The first kappa shape index (κ1) is 15.2. The molecule has 26 heavy (non-hydrogen) atoms. The van der Waals surface area contributed by atoms with E-state index in [2.05, 4.69) is 37.3 Å². The van der Waals surface area contributed by atoms with Crippen molar-refractivity contribution in [2.24, 2.45) is 0 Å². The fraction of sp³-hybridized carbons (Fsp3) is 0.174. The fourth-order valence-corrected chi connectivity index (χ4v) is 4.75. The minimum atomic E-state index is -0.573. The highest BCUT2D eigenvalue weighted by atomic mass is 16.5. The topological polar surface area (TPSA) is 29.5 Å². The van der Waals surface area contributed by atoms with Gasteiger partial charge in [0.05, 0.1) is 13.2 Å². The Morgan fingerprint density at radius 1 is 0.923 bits per heavy atom. The van der Waals surface area contributed by atoms with Crippen LogP contribution in [0.4, 0.5) is 0 Å². The Hall–Kier alpha value is -3.07. The van der Waals surface area contributed by atoms with E-state index in [0.29, 0.717) is 0 Å². The van der Waals surface area contributed by atoms with Gasteiger partial charge in [0.1, 0.15) is 11.3 Å². The normalized spacial score (nSPS) is 22.8. The quantitative estimate of drug-likeness (QED) is 0.686. The molecule has 2 aliphatic rings. The SMILES string of the molecule is COc1ccc2c(c1)[C@H](C)N1C(=O)c3ccccc3[C@]21c1ccccc1. The molecule has 3 aromatic rings. The molecular formula is C23H19NO2. The maximum absolute atomic E-state index is 13.4. The van der Waals surface area contributed by atoms with E-state index in [4.69, 9.17) is 4.74 Å². The average molecular weight is 341 g/mol. The van der Waals surface area contributed by atoms with Gasteiger partial charge in [-0.15, -0.1) is 0 Å². The molecule has 2 aliphatic heterocycles. The molecule has 0 bridgehead atoms. The molecular weight excluding hydrogens is 322 g/mol. The molecule has 0 N–H and O–H groups in total. The van der Waals surface area contributed by atoms with E-state index >= 15 is 0 Å². The highest BCUT2D eigenvalue weighted by Crippen LogP contribution is 2.58. The number of benzene rings is 3. The lowest BCUT2D eigenvalue weighted by molar-refractivity contribution is 0.0633. The Morgan fingerprint density at radius 3 is 2.42 bits per heavy atom. The lowest BCUT2D eigenvalue weighted by Crippen LogP contribution is -2.41. The molecule has 0 saturated heterocycles. The molecule has 3 heteroatoms. The van der Waals surface area contributed by atoms with Crippen LogP contribution >= 0.6 is 0 Å². The van der Waals surface area contributed by atoms with Crippen molar-refractivity contribution < 1.29 is 9.53 Å². The van der Waals surface area contributed by atoms with Gasteiger partial charge in [-0.2, -0.15) is 0 Å². The molecule has 0 radical (unpaired) electrons. The fourth-order valence-electron chi connectivity index (χ4n) is 4.75. The molecule has 3 aromatic carbocycles. The number of amides is 1. The molecule has 0 aliphatic carbocycles. The third kappa shape index (κ3) is 1.65. The molecule has 3 nitrogen and oxygen atoms in total. The number of rotatable bonds is 2. The third-order valence-corrected chi connectivity index (χ3v) is 5.80. The highest BCUT2D eigenvalue weighted by Gasteiger charge is 2.58. The zero-order valence-corrected chi connectivity index (χ0v) is 14.8. The number of ether oxygens (including phenoxy) is 1. The molecule has 0 unspecified atom stereocenters. The lowest BCUT2D eigenvalue weighted by Gasteiger charge is -2.36. The maximum atomic E-state index is 13.4. The van der Waals surface area contributed by atoms with E-state index in [1.165, 1.54) is 0 Å². The molecule has 5 rings (SSSR count). The molecule has 0 spiro atoms. The number of carbonyl (C=O) groups is 1. The molecule has 2 atom stereocenters. The summed E-state index contributed by atoms with van der Waals surface area (Å²) in [6.07, 6.45) is 0. The number of nitrogens with zero attached hydrogens (tertiary/aromatic N) is 1. The molecule has 0 fully saturated rings. The summed E-state index contributed by atoms with van der Waals surface area (Å²) < 4.78 is 5.44. The van der Waals surface area contributed by atoms with Crippen molar-refractivity contribution in [1.82, 2.24) is 4.90 Å². The van der Waals surface area contributed by atoms with Crippen LogP contribution in [0, 0.1) is 0 Å². The second-order valence-electron chi connectivity index (χ2n) is 6.93. The Bertz CT molecular complexity index is 1030. The average Bonchev–Trinajstić information content (AvgIpc) is 3.12. The van der Waals surface area contributed by atoms with Gasteiger partial charge in [-0.25, -0.2) is 0 Å². The number of fused-ring (bicyclic) bond motifs is 5. The minimum Gasteiger partial charge on any atom is -0.497 e. The maximum Gasteiger partial charge on any atom is 0.256 e. The predicted octanol–water partition coefficient (Wildman–Crippen LogP) is 4.52. The Labute approximate surface area is 152 Å². The Balaban J connectivity index is 1.91. The first-order valence-electron chi connectivity index (χ1n) is 8.86. The van der Waals surface area contributed by atoms with Crippen molar-refractivity contribution in [3.63, 3.8) is 0 Å². The van der Waals surface area contributed by atoms with E-state index in [-0.39, 0.29) is 11.9 Å². The smallest absolute Gasteiger partial charge is 0.256 e. The van der Waals surface area contributed by atoms with Crippen LogP contribution in [-0.4, -0.2) is 17.9 Å². The minimum absolute atomic E-state index is 0.0276. The van der Waals surface area contributed by atoms with E-state index in [0.717, 1.165) is 33.6 Å². The zero-order chi connectivity index (χ0) is 17.9. The van der Waals surface area contributed by atoms with Crippen LogP contribution in [0.5, 0.6) is 5.75 Å². The number of hydrogen-bond donors (Lipinski definition) is 0. The van der Waals surface area contributed by atoms with Gasteiger partial charge in [-0.3, -0.25) is 4.79 Å². The third-order valence-electron chi connectivity index (χ3n) is 5.80. The Morgan fingerprint density at radius 2 is 1.65 bits per heavy atom. The summed E-state index contributed by atoms with van der Waals surface area (Å²) in [6.45, 7) is 2.10. The molecule has 2 heterocycles. The van der Waals surface area contributed by atoms with Gasteiger partial charge in [0, 0.05) is 5.56 Å². The second kappa shape index (κ2) is 5.21. The first-order chi connectivity index (χ1) is 12.7. The number of hydrogen-bond acceptors (Lipinski definition) is 2. The van der Waals surface area contributed by atoms with E-state index in [1.54, 1.807) is 7.11 Å². The van der Waals surface area contributed by atoms with Crippen LogP contribution in [0.2, 0.25) is 0 Å². The van der Waals surface area contributed by atoms with Gasteiger partial charge in [0.2, 0.25) is 0 Å². The van der Waals surface area contributed by atoms with Crippen molar-refractivity contribution in [1.29, 1.82) is 0 Å². The van der Waals surface area contributed by atoms with Crippen molar-refractivity contribution in [2.45, 2.75) is 18.5 Å². The van der Waals surface area contributed by atoms with E-state index < -0.39 is 5.54 Å². The van der Waals surface area contributed by atoms with Crippen molar-refractivity contribution in [2.75, 3.05) is 7.11 Å². The summed E-state index contributed by atoms with van der Waals surface area (Å²) in [6, 6.07) is 24.5. The van der Waals surface area contributed by atoms with Crippen molar-refractivity contribution in [3.05, 3.63) is 101 Å².